The van der Waals surface area contributed by atoms with Crippen LogP contribution in [0.15, 0.2) is 38.7 Å². The maximum Gasteiger partial charge on any atom is 0.262 e. The largest absolute Gasteiger partial charge is 0.338 e. The van der Waals surface area contributed by atoms with Crippen LogP contribution >= 0.6 is 11.8 Å². The molecular weight excluding hydrogens is 400 g/mol. The number of aromatic nitrogens is 6. The summed E-state index contributed by atoms with van der Waals surface area (Å²) in [6, 6.07) is 7.61. The fraction of sp³-hybridized carbons (Fsp3) is 0.476. The topological polar surface area (TPSA) is 91.1 Å². The first kappa shape index (κ1) is 20.6. The summed E-state index contributed by atoms with van der Waals surface area (Å²) in [4.78, 5) is 17.5. The van der Waals surface area contributed by atoms with Crippen molar-refractivity contribution < 1.29 is 4.52 Å². The monoisotopic (exact) mass is 426 g/mol. The number of unbranched alkanes of at least 4 members (excludes halogenated alkanes) is 3. The van der Waals surface area contributed by atoms with E-state index in [1.807, 2.05) is 28.7 Å². The Kier molecular flexibility index (Phi) is 6.47. The number of thioether (sulfide) groups is 1. The Balaban J connectivity index is 1.67. The van der Waals surface area contributed by atoms with Crippen molar-refractivity contribution in [3.63, 3.8) is 0 Å². The van der Waals surface area contributed by atoms with Crippen LogP contribution in [0.5, 0.6) is 0 Å². The van der Waals surface area contributed by atoms with Crippen molar-refractivity contribution >= 4 is 28.4 Å². The molecular formula is C21H26N6O2S. The third-order valence-electron chi connectivity index (χ3n) is 5.05. The lowest BCUT2D eigenvalue weighted by Gasteiger charge is -2.10. The lowest BCUT2D eigenvalue weighted by atomic mass is 10.2. The molecule has 30 heavy (non-hydrogen) atoms. The van der Waals surface area contributed by atoms with E-state index >= 15 is 0 Å². The molecule has 0 amide bonds. The van der Waals surface area contributed by atoms with Crippen LogP contribution < -0.4 is 5.56 Å². The number of hydrogen-bond acceptors (Lipinski definition) is 7. The maximum atomic E-state index is 13.1. The van der Waals surface area contributed by atoms with E-state index in [9.17, 15) is 4.79 Å². The first-order valence-corrected chi connectivity index (χ1v) is 11.5. The van der Waals surface area contributed by atoms with E-state index < -0.39 is 0 Å². The van der Waals surface area contributed by atoms with Gasteiger partial charge in [-0.05, 0) is 25.0 Å². The van der Waals surface area contributed by atoms with Crippen LogP contribution in [0, 0.1) is 0 Å². The molecule has 0 aliphatic heterocycles. The van der Waals surface area contributed by atoms with Gasteiger partial charge in [-0.15, -0.1) is 10.2 Å². The molecule has 158 valence electrons. The third kappa shape index (κ3) is 4.12. The lowest BCUT2D eigenvalue weighted by Crippen LogP contribution is -2.23. The smallest absolute Gasteiger partial charge is 0.262 e. The second kappa shape index (κ2) is 9.42. The van der Waals surface area contributed by atoms with E-state index in [-0.39, 0.29) is 5.56 Å². The summed E-state index contributed by atoms with van der Waals surface area (Å²) >= 11 is 1.48. The molecule has 0 saturated carbocycles. The fourth-order valence-corrected chi connectivity index (χ4v) is 4.24. The Morgan fingerprint density at radius 2 is 1.90 bits per heavy atom. The molecule has 0 N–H and O–H groups in total. The molecule has 4 aromatic rings. The number of rotatable bonds is 10. The van der Waals surface area contributed by atoms with Crippen LogP contribution in [0.2, 0.25) is 0 Å². The van der Waals surface area contributed by atoms with E-state index in [0.717, 1.165) is 49.9 Å². The molecule has 0 aliphatic carbocycles. The summed E-state index contributed by atoms with van der Waals surface area (Å²) in [5.41, 5.74) is 0.793. The summed E-state index contributed by atoms with van der Waals surface area (Å²) in [5, 5.41) is 14.2. The number of nitrogens with zero attached hydrogens (tertiary/aromatic N) is 6. The first-order valence-electron chi connectivity index (χ1n) is 10.5. The molecule has 4 rings (SSSR count). The van der Waals surface area contributed by atoms with Gasteiger partial charge in [0.1, 0.15) is 0 Å². The van der Waals surface area contributed by atoms with Gasteiger partial charge >= 0.3 is 0 Å². The van der Waals surface area contributed by atoms with Gasteiger partial charge in [0.15, 0.2) is 11.0 Å². The number of aryl methyl sites for hydroxylation is 2. The Hall–Kier alpha value is -2.68. The van der Waals surface area contributed by atoms with E-state index in [1.165, 1.54) is 11.8 Å². The van der Waals surface area contributed by atoms with Crippen molar-refractivity contribution in [1.29, 1.82) is 0 Å². The Labute approximate surface area is 178 Å². The third-order valence-corrected chi connectivity index (χ3v) is 5.97. The molecule has 0 bridgehead atoms. The van der Waals surface area contributed by atoms with Crippen molar-refractivity contribution in [3.8, 4) is 0 Å². The Morgan fingerprint density at radius 1 is 1.07 bits per heavy atom. The zero-order valence-corrected chi connectivity index (χ0v) is 18.2. The minimum atomic E-state index is -0.0179. The molecule has 0 atom stereocenters. The zero-order chi connectivity index (χ0) is 20.9. The SMILES string of the molecule is CCCCCn1c(=O)c2ccccc2n2c(SCc3nc(CCCC)no3)nnc12. The van der Waals surface area contributed by atoms with Crippen LogP contribution in [0.1, 0.15) is 57.7 Å². The van der Waals surface area contributed by atoms with Gasteiger partial charge in [0.05, 0.1) is 16.7 Å². The molecule has 0 spiro atoms. The van der Waals surface area contributed by atoms with Crippen molar-refractivity contribution in [2.75, 3.05) is 0 Å². The van der Waals surface area contributed by atoms with Crippen LogP contribution in [0.25, 0.3) is 16.7 Å². The molecule has 8 nitrogen and oxygen atoms in total. The molecule has 0 saturated heterocycles. The highest BCUT2D eigenvalue weighted by Gasteiger charge is 2.17. The molecule has 1 aromatic carbocycles. The van der Waals surface area contributed by atoms with Crippen LogP contribution in [0.3, 0.4) is 0 Å². The van der Waals surface area contributed by atoms with E-state index in [0.29, 0.717) is 34.5 Å². The minimum absolute atomic E-state index is 0.0179. The standard InChI is InChI=1S/C21H26N6O2S/c1-3-5-9-13-26-19(28)15-10-7-8-11-16(15)27-20(26)23-24-21(27)30-14-18-22-17(25-29-18)12-6-4-2/h7-8,10-11H,3-6,9,12-14H2,1-2H3. The fourth-order valence-electron chi connectivity index (χ4n) is 3.46. The average molecular weight is 427 g/mol. The van der Waals surface area contributed by atoms with Crippen LogP contribution in [-0.2, 0) is 18.7 Å². The van der Waals surface area contributed by atoms with E-state index in [4.69, 9.17) is 4.52 Å². The highest BCUT2D eigenvalue weighted by atomic mass is 32.2. The van der Waals surface area contributed by atoms with Gasteiger partial charge in [-0.3, -0.25) is 13.8 Å². The normalized spacial score (nSPS) is 11.7. The van der Waals surface area contributed by atoms with Gasteiger partial charge < -0.3 is 4.52 Å². The lowest BCUT2D eigenvalue weighted by molar-refractivity contribution is 0.384. The van der Waals surface area contributed by atoms with Gasteiger partial charge in [-0.2, -0.15) is 4.98 Å². The molecule has 3 aromatic heterocycles. The highest BCUT2D eigenvalue weighted by molar-refractivity contribution is 7.98. The predicted octanol–water partition coefficient (Wildman–Crippen LogP) is 4.25. The van der Waals surface area contributed by atoms with E-state index in [2.05, 4.69) is 34.2 Å². The Morgan fingerprint density at radius 3 is 2.73 bits per heavy atom. The number of fused-ring (bicyclic) bond motifs is 3. The molecule has 0 aliphatic rings. The summed E-state index contributed by atoms with van der Waals surface area (Å²) in [6.07, 6.45) is 6.06. The molecule has 0 radical (unpaired) electrons. The number of para-hydroxylation sites is 1. The minimum Gasteiger partial charge on any atom is -0.338 e. The maximum absolute atomic E-state index is 13.1. The zero-order valence-electron chi connectivity index (χ0n) is 17.4. The number of benzene rings is 1. The van der Waals surface area contributed by atoms with Gasteiger partial charge in [0.25, 0.3) is 5.56 Å². The van der Waals surface area contributed by atoms with Gasteiger partial charge in [-0.25, -0.2) is 0 Å². The molecule has 3 heterocycles. The second-order valence-electron chi connectivity index (χ2n) is 7.30. The summed E-state index contributed by atoms with van der Waals surface area (Å²) in [7, 11) is 0. The van der Waals surface area contributed by atoms with Gasteiger partial charge in [0.2, 0.25) is 11.7 Å². The predicted molar refractivity (Wildman–Crippen MR) is 117 cm³/mol. The van der Waals surface area contributed by atoms with E-state index in [1.54, 1.807) is 4.57 Å². The second-order valence-corrected chi connectivity index (χ2v) is 8.24. The summed E-state index contributed by atoms with van der Waals surface area (Å²) < 4.78 is 9.07. The van der Waals surface area contributed by atoms with Crippen LogP contribution in [-0.4, -0.2) is 29.3 Å². The Bertz CT molecular complexity index is 1200. The first-order chi connectivity index (χ1) is 14.7. The van der Waals surface area contributed by atoms with Crippen molar-refractivity contribution in [3.05, 3.63) is 46.3 Å². The summed E-state index contributed by atoms with van der Waals surface area (Å²) in [6.45, 7) is 4.92. The van der Waals surface area contributed by atoms with Crippen molar-refractivity contribution in [1.82, 2.24) is 29.3 Å². The number of hydrogen-bond donors (Lipinski definition) is 0. The highest BCUT2D eigenvalue weighted by Crippen LogP contribution is 2.24. The molecule has 9 heteroatoms. The quantitative estimate of drug-likeness (QED) is 0.276. The average Bonchev–Trinajstić information content (AvgIpc) is 3.40. The summed E-state index contributed by atoms with van der Waals surface area (Å²) in [5.74, 6) is 2.40. The van der Waals surface area contributed by atoms with Crippen LogP contribution in [0.4, 0.5) is 0 Å². The molecule has 0 unspecified atom stereocenters. The van der Waals surface area contributed by atoms with Gasteiger partial charge in [0, 0.05) is 13.0 Å². The van der Waals surface area contributed by atoms with Gasteiger partial charge in [-0.1, -0.05) is 62.2 Å². The molecule has 0 fully saturated rings. The van der Waals surface area contributed by atoms with Crippen molar-refractivity contribution in [2.24, 2.45) is 0 Å². The van der Waals surface area contributed by atoms with Crippen molar-refractivity contribution in [2.45, 2.75) is 69.8 Å².